The van der Waals surface area contributed by atoms with E-state index in [1.165, 1.54) is 12.1 Å². The second-order valence-corrected chi connectivity index (χ2v) is 6.72. The van der Waals surface area contributed by atoms with Crippen molar-refractivity contribution in [2.24, 2.45) is 0 Å². The van der Waals surface area contributed by atoms with Gasteiger partial charge >= 0.3 is 0 Å². The predicted molar refractivity (Wildman–Crippen MR) is 77.8 cm³/mol. The van der Waals surface area contributed by atoms with Crippen LogP contribution in [0.5, 0.6) is 0 Å². The lowest BCUT2D eigenvalue weighted by Crippen LogP contribution is -2.33. The first-order valence-electron chi connectivity index (χ1n) is 5.72. The van der Waals surface area contributed by atoms with Gasteiger partial charge in [-0.2, -0.15) is 14.8 Å². The largest absolute Gasteiger partial charge is 0.398 e. The summed E-state index contributed by atoms with van der Waals surface area (Å²) < 4.78 is 26.8. The molecule has 0 bridgehead atoms. The van der Waals surface area contributed by atoms with E-state index in [0.29, 0.717) is 4.47 Å². The van der Waals surface area contributed by atoms with Gasteiger partial charge < -0.3 is 5.73 Å². The monoisotopic (exact) mass is 356 g/mol. The number of nitrogens with two attached hydrogens (primary N) is 1. The maximum Gasteiger partial charge on any atom is 0.245 e. The Morgan fingerprint density at radius 2 is 1.75 bits per heavy atom. The molecule has 0 heterocycles. The molecule has 6 nitrogen and oxygen atoms in total. The maximum absolute atomic E-state index is 12.5. The van der Waals surface area contributed by atoms with Crippen LogP contribution < -0.4 is 5.73 Å². The number of benzene rings is 1. The average Bonchev–Trinajstić information content (AvgIpc) is 2.38. The Hall–Kier alpha value is -1.61. The van der Waals surface area contributed by atoms with Gasteiger partial charge in [0.15, 0.2) is 0 Å². The number of halogens is 1. The third-order valence-electron chi connectivity index (χ3n) is 2.54. The third-order valence-corrected chi connectivity index (χ3v) is 5.00. The van der Waals surface area contributed by atoms with Crippen molar-refractivity contribution in [2.75, 3.05) is 18.8 Å². The molecular formula is C12H13BrN4O2S. The van der Waals surface area contributed by atoms with Gasteiger partial charge in [-0.3, -0.25) is 0 Å². The van der Waals surface area contributed by atoms with E-state index in [0.717, 1.165) is 4.31 Å². The molecular weight excluding hydrogens is 344 g/mol. The molecule has 1 aromatic carbocycles. The van der Waals surface area contributed by atoms with Crippen molar-refractivity contribution in [1.29, 1.82) is 10.5 Å². The van der Waals surface area contributed by atoms with E-state index < -0.39 is 10.0 Å². The van der Waals surface area contributed by atoms with E-state index >= 15 is 0 Å². The van der Waals surface area contributed by atoms with Crippen LogP contribution in [0.25, 0.3) is 0 Å². The molecule has 0 saturated carbocycles. The normalized spacial score (nSPS) is 11.0. The average molecular weight is 357 g/mol. The van der Waals surface area contributed by atoms with Gasteiger partial charge in [0.1, 0.15) is 4.90 Å². The summed E-state index contributed by atoms with van der Waals surface area (Å²) in [5.74, 6) is 0. The summed E-state index contributed by atoms with van der Waals surface area (Å²) in [6, 6.07) is 8.27. The summed E-state index contributed by atoms with van der Waals surface area (Å²) in [4.78, 5) is -0.0171. The van der Waals surface area contributed by atoms with Crippen molar-refractivity contribution >= 4 is 31.6 Å². The van der Waals surface area contributed by atoms with Gasteiger partial charge in [-0.25, -0.2) is 8.42 Å². The van der Waals surface area contributed by atoms with Crippen molar-refractivity contribution < 1.29 is 8.42 Å². The Bertz CT molecular complexity index is 643. The molecule has 0 spiro atoms. The molecule has 8 heteroatoms. The number of nitrogen functional groups attached to an aromatic ring is 1. The Morgan fingerprint density at radius 3 is 2.20 bits per heavy atom. The summed E-state index contributed by atoms with van der Waals surface area (Å²) >= 11 is 3.21. The zero-order valence-corrected chi connectivity index (χ0v) is 13.0. The van der Waals surface area contributed by atoms with Gasteiger partial charge in [-0.15, -0.1) is 0 Å². The van der Waals surface area contributed by atoms with Crippen LogP contribution in [-0.4, -0.2) is 25.8 Å². The first-order valence-corrected chi connectivity index (χ1v) is 7.96. The molecule has 0 unspecified atom stereocenters. The van der Waals surface area contributed by atoms with Gasteiger partial charge in [0.05, 0.1) is 17.8 Å². The molecule has 106 valence electrons. The van der Waals surface area contributed by atoms with Crippen LogP contribution in [0.4, 0.5) is 5.69 Å². The Balaban J connectivity index is 3.15. The highest BCUT2D eigenvalue weighted by molar-refractivity contribution is 9.10. The highest BCUT2D eigenvalue weighted by Crippen LogP contribution is 2.25. The molecule has 0 saturated heterocycles. The van der Waals surface area contributed by atoms with Crippen molar-refractivity contribution in [3.05, 3.63) is 22.7 Å². The fourth-order valence-electron chi connectivity index (χ4n) is 1.59. The molecule has 0 atom stereocenters. The highest BCUT2D eigenvalue weighted by atomic mass is 79.9. The molecule has 0 aromatic heterocycles. The zero-order valence-electron chi connectivity index (χ0n) is 10.6. The second-order valence-electron chi connectivity index (χ2n) is 3.90. The quantitative estimate of drug-likeness (QED) is 0.781. The molecule has 0 amide bonds. The minimum absolute atomic E-state index is 0.0171. The number of anilines is 1. The van der Waals surface area contributed by atoms with Gasteiger partial charge in [-0.1, -0.05) is 15.9 Å². The van der Waals surface area contributed by atoms with Crippen molar-refractivity contribution in [2.45, 2.75) is 17.7 Å². The number of nitriles is 2. The highest BCUT2D eigenvalue weighted by Gasteiger charge is 2.25. The number of nitrogens with zero attached hydrogens (tertiary/aromatic N) is 3. The summed E-state index contributed by atoms with van der Waals surface area (Å²) in [7, 11) is -3.81. The molecule has 2 N–H and O–H groups in total. The summed E-state index contributed by atoms with van der Waals surface area (Å²) in [6.07, 6.45) is 0.113. The number of hydrogen-bond donors (Lipinski definition) is 1. The second kappa shape index (κ2) is 7.25. The minimum Gasteiger partial charge on any atom is -0.398 e. The molecule has 1 aromatic rings. The summed E-state index contributed by atoms with van der Waals surface area (Å²) in [5, 5.41) is 17.2. The molecule has 0 fully saturated rings. The number of hydrogen-bond acceptors (Lipinski definition) is 5. The SMILES string of the molecule is N#CCCN(CCC#N)S(=O)(=O)c1ccc(Br)cc1N. The smallest absolute Gasteiger partial charge is 0.245 e. The lowest BCUT2D eigenvalue weighted by molar-refractivity contribution is 0.425. The standard InChI is InChI=1S/C12H13BrN4O2S/c13-10-3-4-12(11(16)9-10)20(18,19)17(7-1-5-14)8-2-6-15/h3-4,9H,1-2,7-8,16H2. The summed E-state index contributed by atoms with van der Waals surface area (Å²) in [6.45, 7) is 0.0754. The van der Waals surface area contributed by atoms with Crippen LogP contribution in [-0.2, 0) is 10.0 Å². The van der Waals surface area contributed by atoms with E-state index in [9.17, 15) is 8.42 Å². The van der Waals surface area contributed by atoms with Crippen LogP contribution in [0.3, 0.4) is 0 Å². The van der Waals surface area contributed by atoms with E-state index in [1.807, 2.05) is 12.1 Å². The van der Waals surface area contributed by atoms with Crippen LogP contribution in [0.1, 0.15) is 12.8 Å². The molecule has 20 heavy (non-hydrogen) atoms. The fourth-order valence-corrected chi connectivity index (χ4v) is 3.51. The van der Waals surface area contributed by atoms with Crippen LogP contribution >= 0.6 is 15.9 Å². The Morgan fingerprint density at radius 1 is 1.20 bits per heavy atom. The van der Waals surface area contributed by atoms with Gasteiger partial charge in [-0.05, 0) is 18.2 Å². The lowest BCUT2D eigenvalue weighted by Gasteiger charge is -2.21. The number of sulfonamides is 1. The topological polar surface area (TPSA) is 111 Å². The van der Waals surface area contributed by atoms with Crippen molar-refractivity contribution in [3.8, 4) is 12.1 Å². The van der Waals surface area contributed by atoms with Gasteiger partial charge in [0.25, 0.3) is 0 Å². The van der Waals surface area contributed by atoms with Crippen LogP contribution in [0.15, 0.2) is 27.6 Å². The van der Waals surface area contributed by atoms with Crippen LogP contribution in [0.2, 0.25) is 0 Å². The zero-order chi connectivity index (χ0) is 15.2. The molecule has 0 aliphatic rings. The maximum atomic E-state index is 12.5. The minimum atomic E-state index is -3.81. The lowest BCUT2D eigenvalue weighted by atomic mass is 10.3. The first kappa shape index (κ1) is 16.4. The van der Waals surface area contributed by atoms with Crippen LogP contribution in [0, 0.1) is 22.7 Å². The van der Waals surface area contributed by atoms with E-state index in [4.69, 9.17) is 16.3 Å². The summed E-state index contributed by atoms with van der Waals surface area (Å²) in [5.41, 5.74) is 5.86. The van der Waals surface area contributed by atoms with E-state index in [1.54, 1.807) is 6.07 Å². The molecule has 1 rings (SSSR count). The fraction of sp³-hybridized carbons (Fsp3) is 0.333. The molecule has 0 aliphatic carbocycles. The molecule has 0 aliphatic heterocycles. The predicted octanol–water partition coefficient (Wildman–Crippen LogP) is 1.85. The van der Waals surface area contributed by atoms with E-state index in [-0.39, 0.29) is 36.5 Å². The molecule has 0 radical (unpaired) electrons. The van der Waals surface area contributed by atoms with Gasteiger partial charge in [0.2, 0.25) is 10.0 Å². The van der Waals surface area contributed by atoms with Crippen molar-refractivity contribution in [1.82, 2.24) is 4.31 Å². The van der Waals surface area contributed by atoms with E-state index in [2.05, 4.69) is 15.9 Å². The Kier molecular flexibility index (Phi) is 5.96. The number of rotatable bonds is 6. The van der Waals surface area contributed by atoms with Gasteiger partial charge in [0, 0.05) is 30.4 Å². The van der Waals surface area contributed by atoms with Crippen molar-refractivity contribution in [3.63, 3.8) is 0 Å². The third kappa shape index (κ3) is 3.94. The first-order chi connectivity index (χ1) is 9.43. The Labute approximate surface area is 126 Å².